The molecular formula is C26H30N6O. The molecule has 0 bridgehead atoms. The largest absolute Gasteiger partial charge is 0.383 e. The second-order valence-electron chi connectivity index (χ2n) is 8.73. The van der Waals surface area contributed by atoms with E-state index in [1.54, 1.807) is 10.7 Å². The van der Waals surface area contributed by atoms with Crippen molar-refractivity contribution in [3.8, 4) is 22.4 Å². The Kier molecular flexibility index (Phi) is 6.51. The van der Waals surface area contributed by atoms with Gasteiger partial charge in [0.05, 0.1) is 23.1 Å². The molecule has 4 aromatic rings. The Bertz CT molecular complexity index is 1260. The third-order valence-corrected chi connectivity index (χ3v) is 5.69. The summed E-state index contributed by atoms with van der Waals surface area (Å²) >= 11 is 0. The molecule has 3 N–H and O–H groups in total. The van der Waals surface area contributed by atoms with E-state index in [0.29, 0.717) is 41.2 Å². The normalized spacial score (nSPS) is 12.4. The predicted octanol–water partition coefficient (Wildman–Crippen LogP) is 4.56. The lowest BCUT2D eigenvalue weighted by Gasteiger charge is -2.18. The molecule has 0 aliphatic carbocycles. The zero-order valence-electron chi connectivity index (χ0n) is 19.5. The van der Waals surface area contributed by atoms with E-state index in [9.17, 15) is 4.79 Å². The molecule has 0 fully saturated rings. The van der Waals surface area contributed by atoms with E-state index < -0.39 is 0 Å². The first-order valence-corrected chi connectivity index (χ1v) is 11.3. The summed E-state index contributed by atoms with van der Waals surface area (Å²) in [4.78, 5) is 21.9. The van der Waals surface area contributed by atoms with Crippen molar-refractivity contribution in [2.45, 2.75) is 52.6 Å². The van der Waals surface area contributed by atoms with Gasteiger partial charge in [-0.2, -0.15) is 9.61 Å². The van der Waals surface area contributed by atoms with E-state index in [-0.39, 0.29) is 5.78 Å². The Morgan fingerprint density at radius 1 is 1.06 bits per heavy atom. The van der Waals surface area contributed by atoms with Gasteiger partial charge in [-0.1, -0.05) is 50.2 Å². The molecule has 0 spiro atoms. The predicted molar refractivity (Wildman–Crippen MR) is 132 cm³/mol. The molecule has 0 amide bonds. The van der Waals surface area contributed by atoms with Gasteiger partial charge in [-0.15, -0.1) is 0 Å². The lowest BCUT2D eigenvalue weighted by atomic mass is 10.0. The molecule has 0 saturated carbocycles. The molecule has 3 heterocycles. The summed E-state index contributed by atoms with van der Waals surface area (Å²) in [6, 6.07) is 14.7. The number of aromatic nitrogens is 4. The van der Waals surface area contributed by atoms with Crippen LogP contribution in [0.1, 0.15) is 50.2 Å². The number of carbonyl (C=O) groups excluding carboxylic acids is 1. The standard InChI is InChI=1S/C26H30N6O/c1-16(2)30-17(3)10-12-23-24(18(4)33)25(27)32-26(31-23)21(15-29-32)20-11-13-22(28-14-20)19-8-6-5-7-9-19/h5-9,11,13-17,30H,10,12,27H2,1-4H3/t17-/m1/s1. The Morgan fingerprint density at radius 3 is 2.45 bits per heavy atom. The number of nitrogens with two attached hydrogens (primary N) is 1. The first kappa shape index (κ1) is 22.6. The summed E-state index contributed by atoms with van der Waals surface area (Å²) in [6.07, 6.45) is 5.04. The molecule has 33 heavy (non-hydrogen) atoms. The highest BCUT2D eigenvalue weighted by molar-refractivity contribution is 6.00. The van der Waals surface area contributed by atoms with Crippen molar-refractivity contribution in [3.63, 3.8) is 0 Å². The van der Waals surface area contributed by atoms with Crippen molar-refractivity contribution < 1.29 is 4.79 Å². The van der Waals surface area contributed by atoms with Gasteiger partial charge in [-0.05, 0) is 32.8 Å². The molecule has 0 radical (unpaired) electrons. The van der Waals surface area contributed by atoms with Crippen LogP contribution in [0, 0.1) is 0 Å². The van der Waals surface area contributed by atoms with Gasteiger partial charge in [0.2, 0.25) is 0 Å². The minimum Gasteiger partial charge on any atom is -0.383 e. The summed E-state index contributed by atoms with van der Waals surface area (Å²) in [5.74, 6) is 0.222. The molecule has 7 nitrogen and oxygen atoms in total. The zero-order valence-corrected chi connectivity index (χ0v) is 19.5. The molecule has 1 atom stereocenters. The van der Waals surface area contributed by atoms with Crippen LogP contribution < -0.4 is 11.1 Å². The smallest absolute Gasteiger partial charge is 0.165 e. The average molecular weight is 443 g/mol. The Balaban J connectivity index is 1.72. The van der Waals surface area contributed by atoms with Gasteiger partial charge < -0.3 is 11.1 Å². The van der Waals surface area contributed by atoms with Gasteiger partial charge in [-0.3, -0.25) is 9.78 Å². The molecule has 4 rings (SSSR count). The summed E-state index contributed by atoms with van der Waals surface area (Å²) in [7, 11) is 0. The highest BCUT2D eigenvalue weighted by atomic mass is 16.1. The first-order valence-electron chi connectivity index (χ1n) is 11.3. The number of ketones is 1. The fourth-order valence-corrected chi connectivity index (χ4v) is 4.17. The first-order chi connectivity index (χ1) is 15.8. The highest BCUT2D eigenvalue weighted by Crippen LogP contribution is 2.29. The van der Waals surface area contributed by atoms with Crippen molar-refractivity contribution in [3.05, 3.63) is 66.1 Å². The van der Waals surface area contributed by atoms with Crippen molar-refractivity contribution in [1.29, 1.82) is 0 Å². The van der Waals surface area contributed by atoms with Crippen LogP contribution >= 0.6 is 0 Å². The third-order valence-electron chi connectivity index (χ3n) is 5.69. The SMILES string of the molecule is CC(=O)c1c(CC[C@@H](C)NC(C)C)nc2c(-c3ccc(-c4ccccc4)nc3)cnn2c1N. The van der Waals surface area contributed by atoms with E-state index in [1.807, 2.05) is 48.7 Å². The number of hydrogen-bond donors (Lipinski definition) is 2. The van der Waals surface area contributed by atoms with Gasteiger partial charge in [0.15, 0.2) is 11.4 Å². The van der Waals surface area contributed by atoms with Crippen molar-refractivity contribution in [2.24, 2.45) is 0 Å². The summed E-state index contributed by atoms with van der Waals surface area (Å²) in [5.41, 5.74) is 11.9. The van der Waals surface area contributed by atoms with Crippen LogP contribution in [-0.2, 0) is 6.42 Å². The van der Waals surface area contributed by atoms with Gasteiger partial charge in [0.1, 0.15) is 5.82 Å². The number of anilines is 1. The summed E-state index contributed by atoms with van der Waals surface area (Å²) in [6.45, 7) is 7.90. The molecule has 0 aliphatic heterocycles. The summed E-state index contributed by atoms with van der Waals surface area (Å²) < 4.78 is 1.55. The average Bonchev–Trinajstić information content (AvgIpc) is 3.22. The monoisotopic (exact) mass is 442 g/mol. The molecule has 0 aliphatic rings. The van der Waals surface area contributed by atoms with Crippen LogP contribution in [0.3, 0.4) is 0 Å². The van der Waals surface area contributed by atoms with E-state index in [4.69, 9.17) is 10.7 Å². The maximum atomic E-state index is 12.4. The zero-order chi connectivity index (χ0) is 23.5. The topological polar surface area (TPSA) is 98.2 Å². The number of aryl methyl sites for hydroxylation is 1. The number of carbonyl (C=O) groups is 1. The fraction of sp³-hybridized carbons (Fsp3) is 0.308. The lowest BCUT2D eigenvalue weighted by molar-refractivity contribution is 0.101. The van der Waals surface area contributed by atoms with Crippen LogP contribution in [-0.4, -0.2) is 37.4 Å². The number of nitrogens with one attached hydrogen (secondary N) is 1. The number of rotatable bonds is 8. The van der Waals surface area contributed by atoms with Gasteiger partial charge in [0, 0.05) is 35.0 Å². The Labute approximate surface area is 194 Å². The molecule has 170 valence electrons. The van der Waals surface area contributed by atoms with Crippen LogP contribution in [0.15, 0.2) is 54.9 Å². The van der Waals surface area contributed by atoms with Crippen LogP contribution in [0.2, 0.25) is 0 Å². The molecule has 3 aromatic heterocycles. The van der Waals surface area contributed by atoms with E-state index in [1.165, 1.54) is 6.92 Å². The number of benzene rings is 1. The number of nitrogens with zero attached hydrogens (tertiary/aromatic N) is 4. The Hall–Kier alpha value is -3.58. The van der Waals surface area contributed by atoms with Crippen molar-refractivity contribution in [2.75, 3.05) is 5.73 Å². The second-order valence-corrected chi connectivity index (χ2v) is 8.73. The Morgan fingerprint density at radius 2 is 1.82 bits per heavy atom. The minimum atomic E-state index is -0.104. The maximum Gasteiger partial charge on any atom is 0.165 e. The highest BCUT2D eigenvalue weighted by Gasteiger charge is 2.21. The van der Waals surface area contributed by atoms with Crippen LogP contribution in [0.4, 0.5) is 5.82 Å². The third kappa shape index (κ3) is 4.78. The quantitative estimate of drug-likeness (QED) is 0.388. The van der Waals surface area contributed by atoms with Gasteiger partial charge >= 0.3 is 0 Å². The molecule has 1 aromatic carbocycles. The number of pyridine rings is 1. The van der Waals surface area contributed by atoms with E-state index >= 15 is 0 Å². The number of Topliss-reactive ketones (excluding diaryl/α,β-unsaturated/α-hetero) is 1. The van der Waals surface area contributed by atoms with Gasteiger partial charge in [-0.25, -0.2) is 4.98 Å². The van der Waals surface area contributed by atoms with E-state index in [2.05, 4.69) is 36.2 Å². The lowest BCUT2D eigenvalue weighted by Crippen LogP contribution is -2.32. The molecular weight excluding hydrogens is 412 g/mol. The number of hydrogen-bond acceptors (Lipinski definition) is 6. The molecule has 0 unspecified atom stereocenters. The minimum absolute atomic E-state index is 0.104. The van der Waals surface area contributed by atoms with Crippen LogP contribution in [0.5, 0.6) is 0 Å². The maximum absolute atomic E-state index is 12.4. The van der Waals surface area contributed by atoms with E-state index in [0.717, 1.165) is 28.8 Å². The number of fused-ring (bicyclic) bond motifs is 1. The van der Waals surface area contributed by atoms with Crippen molar-refractivity contribution >= 4 is 17.2 Å². The van der Waals surface area contributed by atoms with Crippen molar-refractivity contribution in [1.82, 2.24) is 24.9 Å². The van der Waals surface area contributed by atoms with Gasteiger partial charge in [0.25, 0.3) is 0 Å². The second kappa shape index (κ2) is 9.50. The summed E-state index contributed by atoms with van der Waals surface area (Å²) in [5, 5.41) is 7.93. The molecule has 7 heteroatoms. The molecule has 0 saturated heterocycles. The number of nitrogen functional groups attached to an aromatic ring is 1. The fourth-order valence-electron chi connectivity index (χ4n) is 4.17. The van der Waals surface area contributed by atoms with Crippen LogP contribution in [0.25, 0.3) is 28.0 Å².